The summed E-state index contributed by atoms with van der Waals surface area (Å²) in [5.74, 6) is 1.85. The largest absolute Gasteiger partial charge is 0.308 e. The third kappa shape index (κ3) is 3.79. The molecule has 0 atom stereocenters. The number of sulfonamides is 1. The predicted molar refractivity (Wildman–Crippen MR) is 111 cm³/mol. The van der Waals surface area contributed by atoms with E-state index < -0.39 is 10.0 Å². The van der Waals surface area contributed by atoms with Crippen LogP contribution in [0.2, 0.25) is 0 Å². The number of imidazole rings is 1. The zero-order chi connectivity index (χ0) is 20.0. The van der Waals surface area contributed by atoms with E-state index in [1.165, 1.54) is 12.8 Å². The van der Waals surface area contributed by atoms with Crippen LogP contribution in [0.4, 0.5) is 17.5 Å². The average Bonchev–Trinajstić information content (AvgIpc) is 3.21. The Morgan fingerprint density at radius 3 is 2.86 bits per heavy atom. The molecular formula is C19H19N7O2S. The van der Waals surface area contributed by atoms with Crippen molar-refractivity contribution in [3.05, 3.63) is 54.5 Å². The Morgan fingerprint density at radius 2 is 2.07 bits per heavy atom. The minimum atomic E-state index is -3.36. The number of hydrogen-bond donors (Lipinski definition) is 3. The lowest BCUT2D eigenvalue weighted by Crippen LogP contribution is -2.09. The van der Waals surface area contributed by atoms with Gasteiger partial charge in [0.2, 0.25) is 16.0 Å². The van der Waals surface area contributed by atoms with Gasteiger partial charge in [-0.2, -0.15) is 5.10 Å². The van der Waals surface area contributed by atoms with Gasteiger partial charge in [-0.3, -0.25) is 14.2 Å². The van der Waals surface area contributed by atoms with Crippen molar-refractivity contribution in [1.82, 2.24) is 24.6 Å². The van der Waals surface area contributed by atoms with Crippen LogP contribution in [0.5, 0.6) is 0 Å². The van der Waals surface area contributed by atoms with E-state index in [1.807, 2.05) is 28.8 Å². The first kappa shape index (κ1) is 17.7. The number of benzene rings is 1. The number of H-pyrrole nitrogens is 1. The Hall–Kier alpha value is -3.40. The number of aromatic amines is 1. The van der Waals surface area contributed by atoms with Gasteiger partial charge in [0.1, 0.15) is 5.65 Å². The quantitative estimate of drug-likeness (QED) is 0.450. The van der Waals surface area contributed by atoms with Crippen molar-refractivity contribution in [2.24, 2.45) is 0 Å². The molecule has 0 radical (unpaired) electrons. The van der Waals surface area contributed by atoms with Crippen LogP contribution >= 0.6 is 0 Å². The van der Waals surface area contributed by atoms with Crippen molar-refractivity contribution in [2.45, 2.75) is 18.8 Å². The number of anilines is 3. The highest BCUT2D eigenvalue weighted by molar-refractivity contribution is 7.92. The van der Waals surface area contributed by atoms with Gasteiger partial charge in [0, 0.05) is 47.4 Å². The normalized spacial score (nSPS) is 14.2. The van der Waals surface area contributed by atoms with Gasteiger partial charge in [-0.15, -0.1) is 0 Å². The SMILES string of the molecule is CS(=O)(=O)Nc1cccc(-c2cc3nccn3c(Nc3cc(C4CC4)[nH]n3)n2)c1. The van der Waals surface area contributed by atoms with Gasteiger partial charge in [-0.05, 0) is 25.0 Å². The molecular weight excluding hydrogens is 390 g/mol. The standard InChI is InChI=1S/C19H19N7O2S/c1-29(27,28)25-14-4-2-3-13(9-14)15-11-18-20-7-8-26(18)19(21-15)22-17-10-16(23-24-17)12-5-6-12/h2-4,7-12,25H,5-6H2,1H3,(H2,21,22,23,24). The minimum absolute atomic E-state index is 0.478. The molecule has 148 valence electrons. The van der Waals surface area contributed by atoms with Gasteiger partial charge in [0.25, 0.3) is 0 Å². The first-order valence-electron chi connectivity index (χ1n) is 9.19. The first-order valence-corrected chi connectivity index (χ1v) is 11.1. The summed E-state index contributed by atoms with van der Waals surface area (Å²) in [5, 5.41) is 10.7. The third-order valence-electron chi connectivity index (χ3n) is 4.71. The van der Waals surface area contributed by atoms with E-state index in [0.29, 0.717) is 29.1 Å². The molecule has 0 spiro atoms. The van der Waals surface area contributed by atoms with Gasteiger partial charge in [0.05, 0.1) is 11.9 Å². The van der Waals surface area contributed by atoms with Crippen molar-refractivity contribution in [1.29, 1.82) is 0 Å². The zero-order valence-electron chi connectivity index (χ0n) is 15.6. The Balaban J connectivity index is 1.52. The van der Waals surface area contributed by atoms with Crippen LogP contribution in [0.1, 0.15) is 24.5 Å². The molecule has 1 aromatic carbocycles. The molecule has 0 saturated heterocycles. The molecule has 0 bridgehead atoms. The molecule has 3 heterocycles. The molecule has 0 aliphatic heterocycles. The van der Waals surface area contributed by atoms with Crippen LogP contribution in [0.15, 0.2) is 48.8 Å². The third-order valence-corrected chi connectivity index (χ3v) is 5.31. The van der Waals surface area contributed by atoms with E-state index in [0.717, 1.165) is 23.2 Å². The molecule has 1 fully saturated rings. The molecule has 9 nitrogen and oxygen atoms in total. The highest BCUT2D eigenvalue weighted by Gasteiger charge is 2.25. The van der Waals surface area contributed by atoms with Crippen molar-refractivity contribution in [2.75, 3.05) is 16.3 Å². The Kier molecular flexibility index (Phi) is 4.02. The summed E-state index contributed by atoms with van der Waals surface area (Å²) in [7, 11) is -3.36. The number of aromatic nitrogens is 5. The van der Waals surface area contributed by atoms with E-state index in [4.69, 9.17) is 4.98 Å². The number of hydrogen-bond acceptors (Lipinski definition) is 6. The molecule has 3 aromatic heterocycles. The summed E-state index contributed by atoms with van der Waals surface area (Å²) >= 11 is 0. The second kappa shape index (κ2) is 6.59. The molecule has 3 N–H and O–H groups in total. The maximum Gasteiger partial charge on any atom is 0.229 e. The van der Waals surface area contributed by atoms with Gasteiger partial charge < -0.3 is 5.32 Å². The summed E-state index contributed by atoms with van der Waals surface area (Å²) in [5.41, 5.74) is 3.77. The first-order chi connectivity index (χ1) is 13.9. The lowest BCUT2D eigenvalue weighted by Gasteiger charge is -2.10. The van der Waals surface area contributed by atoms with Crippen LogP contribution in [0.25, 0.3) is 16.9 Å². The molecule has 0 unspecified atom stereocenters. The fraction of sp³-hybridized carbons (Fsp3) is 0.211. The fourth-order valence-corrected chi connectivity index (χ4v) is 3.79. The van der Waals surface area contributed by atoms with E-state index in [9.17, 15) is 8.42 Å². The molecule has 0 amide bonds. The molecule has 29 heavy (non-hydrogen) atoms. The Bertz CT molecular complexity index is 1310. The van der Waals surface area contributed by atoms with Crippen LogP contribution < -0.4 is 10.0 Å². The lowest BCUT2D eigenvalue weighted by molar-refractivity contribution is 0.607. The number of fused-ring (bicyclic) bond motifs is 1. The molecule has 4 aromatic rings. The van der Waals surface area contributed by atoms with Gasteiger partial charge >= 0.3 is 0 Å². The summed E-state index contributed by atoms with van der Waals surface area (Å²) in [6.45, 7) is 0. The van der Waals surface area contributed by atoms with Crippen molar-refractivity contribution in [3.8, 4) is 11.3 Å². The molecule has 10 heteroatoms. The number of rotatable bonds is 6. The Labute approximate surface area is 167 Å². The smallest absolute Gasteiger partial charge is 0.229 e. The molecule has 1 aliphatic carbocycles. The van der Waals surface area contributed by atoms with E-state index >= 15 is 0 Å². The van der Waals surface area contributed by atoms with Crippen LogP contribution in [-0.4, -0.2) is 39.2 Å². The fourth-order valence-electron chi connectivity index (χ4n) is 3.23. The van der Waals surface area contributed by atoms with Gasteiger partial charge in [-0.25, -0.2) is 18.4 Å². The van der Waals surface area contributed by atoms with Crippen molar-refractivity contribution < 1.29 is 8.42 Å². The van der Waals surface area contributed by atoms with Crippen LogP contribution in [0, 0.1) is 0 Å². The molecule has 5 rings (SSSR count). The number of nitrogens with one attached hydrogen (secondary N) is 3. The highest BCUT2D eigenvalue weighted by Crippen LogP contribution is 2.39. The average molecular weight is 409 g/mol. The second-order valence-electron chi connectivity index (χ2n) is 7.18. The minimum Gasteiger partial charge on any atom is -0.308 e. The number of nitrogens with zero attached hydrogens (tertiary/aromatic N) is 4. The van der Waals surface area contributed by atoms with E-state index in [-0.39, 0.29) is 0 Å². The van der Waals surface area contributed by atoms with Crippen molar-refractivity contribution >= 4 is 33.1 Å². The monoisotopic (exact) mass is 409 g/mol. The molecule has 1 aliphatic rings. The van der Waals surface area contributed by atoms with E-state index in [1.54, 1.807) is 24.4 Å². The van der Waals surface area contributed by atoms with Crippen molar-refractivity contribution in [3.63, 3.8) is 0 Å². The lowest BCUT2D eigenvalue weighted by atomic mass is 10.1. The predicted octanol–water partition coefficient (Wildman–Crippen LogP) is 3.11. The highest BCUT2D eigenvalue weighted by atomic mass is 32.2. The van der Waals surface area contributed by atoms with Crippen LogP contribution in [0.3, 0.4) is 0 Å². The summed E-state index contributed by atoms with van der Waals surface area (Å²) in [6.07, 6.45) is 7.03. The van der Waals surface area contributed by atoms with Gasteiger partial charge in [0.15, 0.2) is 5.82 Å². The Morgan fingerprint density at radius 1 is 1.21 bits per heavy atom. The van der Waals surface area contributed by atoms with E-state index in [2.05, 4.69) is 25.2 Å². The summed E-state index contributed by atoms with van der Waals surface area (Å²) in [6, 6.07) is 10.9. The summed E-state index contributed by atoms with van der Waals surface area (Å²) in [4.78, 5) is 9.10. The zero-order valence-corrected chi connectivity index (χ0v) is 16.4. The van der Waals surface area contributed by atoms with Crippen LogP contribution in [-0.2, 0) is 10.0 Å². The maximum atomic E-state index is 11.5. The summed E-state index contributed by atoms with van der Waals surface area (Å²) < 4.78 is 27.4. The second-order valence-corrected chi connectivity index (χ2v) is 8.93. The molecule has 1 saturated carbocycles. The topological polar surface area (TPSA) is 117 Å². The van der Waals surface area contributed by atoms with Gasteiger partial charge in [-0.1, -0.05) is 12.1 Å². The maximum absolute atomic E-state index is 11.5.